The Bertz CT molecular complexity index is 1430. The Morgan fingerprint density at radius 3 is 2.69 bits per heavy atom. The number of carbonyl (C=O) groups is 2. The van der Waals surface area contributed by atoms with Gasteiger partial charge < -0.3 is 20.8 Å². The van der Waals surface area contributed by atoms with E-state index in [-0.39, 0.29) is 18.1 Å². The molecule has 3 aromatic heterocycles. The van der Waals surface area contributed by atoms with Gasteiger partial charge in [-0.25, -0.2) is 9.97 Å². The molecule has 36 heavy (non-hydrogen) atoms. The average molecular weight is 485 g/mol. The number of aromatic nitrogens is 4. The summed E-state index contributed by atoms with van der Waals surface area (Å²) in [6, 6.07) is 14.8. The third-order valence-corrected chi connectivity index (χ3v) is 5.35. The van der Waals surface area contributed by atoms with E-state index in [0.29, 0.717) is 17.2 Å². The monoisotopic (exact) mass is 484 g/mol. The molecule has 0 aliphatic rings. The number of hydrogen-bond acceptors (Lipinski definition) is 8. The molecule has 11 nitrogen and oxygen atoms in total. The van der Waals surface area contributed by atoms with Crippen LogP contribution in [-0.4, -0.2) is 57.3 Å². The molecule has 0 saturated heterocycles. The number of fused-ring (bicyclic) bond motifs is 1. The van der Waals surface area contributed by atoms with Gasteiger partial charge in [0.15, 0.2) is 0 Å². The van der Waals surface area contributed by atoms with Crippen LogP contribution in [-0.2, 0) is 16.1 Å². The molecule has 1 atom stereocenters. The van der Waals surface area contributed by atoms with Crippen molar-refractivity contribution < 1.29 is 14.3 Å². The molecule has 4 rings (SSSR count). The van der Waals surface area contributed by atoms with E-state index in [9.17, 15) is 9.59 Å². The van der Waals surface area contributed by atoms with Gasteiger partial charge in [0.05, 0.1) is 12.8 Å². The zero-order chi connectivity index (χ0) is 25.5. The standard InChI is InChI=1S/C25H24N8O3/c1-27-21(18(13-26)22(34)29-14-17-9-6-11-28-24(17)36-2)23(35)31-20-10-12-33-15-19(30-25(33)32-20)16-7-4-3-5-8-16/h3-13,15,18,26H,14H2,1-2H3,(H,29,34)(H,30,31,32,35). The van der Waals surface area contributed by atoms with Crippen LogP contribution in [0, 0.1) is 11.3 Å². The predicted molar refractivity (Wildman–Crippen MR) is 135 cm³/mol. The summed E-state index contributed by atoms with van der Waals surface area (Å²) in [5.41, 5.74) is 2.21. The number of methoxy groups -OCH3 is 1. The Labute approximate surface area is 206 Å². The lowest BCUT2D eigenvalue weighted by Crippen LogP contribution is -2.41. The van der Waals surface area contributed by atoms with E-state index in [1.54, 1.807) is 35.0 Å². The van der Waals surface area contributed by atoms with Gasteiger partial charge in [0.2, 0.25) is 17.6 Å². The van der Waals surface area contributed by atoms with Gasteiger partial charge in [0, 0.05) is 49.5 Å². The number of aliphatic imine (C=N–C) groups is 1. The summed E-state index contributed by atoms with van der Waals surface area (Å²) < 4.78 is 6.93. The molecule has 1 unspecified atom stereocenters. The van der Waals surface area contributed by atoms with Crippen LogP contribution in [0.25, 0.3) is 17.0 Å². The summed E-state index contributed by atoms with van der Waals surface area (Å²) in [6.07, 6.45) is 6.01. The highest BCUT2D eigenvalue weighted by molar-refractivity contribution is 6.49. The number of rotatable bonds is 9. The SMILES string of the molecule is CN=C(C(=O)Nc1ccn2cc(-c3ccccc3)nc2n1)C(C=N)C(=O)NCc1cccnc1OC. The van der Waals surface area contributed by atoms with Gasteiger partial charge in [-0.05, 0) is 12.1 Å². The van der Waals surface area contributed by atoms with Crippen LogP contribution < -0.4 is 15.4 Å². The van der Waals surface area contributed by atoms with Crippen LogP contribution in [0.5, 0.6) is 5.88 Å². The number of pyridine rings is 1. The van der Waals surface area contributed by atoms with Crippen LogP contribution in [0.3, 0.4) is 0 Å². The number of nitrogens with one attached hydrogen (secondary N) is 3. The van der Waals surface area contributed by atoms with Crippen LogP contribution in [0.15, 0.2) is 72.1 Å². The van der Waals surface area contributed by atoms with Crippen molar-refractivity contribution in [2.24, 2.45) is 10.9 Å². The number of amides is 2. The van der Waals surface area contributed by atoms with Crippen molar-refractivity contribution in [2.45, 2.75) is 6.54 Å². The number of hydrogen-bond donors (Lipinski definition) is 3. The van der Waals surface area contributed by atoms with Gasteiger partial charge in [0.1, 0.15) is 17.4 Å². The zero-order valence-corrected chi connectivity index (χ0v) is 19.7. The first-order valence-corrected chi connectivity index (χ1v) is 11.0. The quantitative estimate of drug-likeness (QED) is 0.311. The van der Waals surface area contributed by atoms with E-state index in [2.05, 4.69) is 30.6 Å². The van der Waals surface area contributed by atoms with Crippen molar-refractivity contribution in [2.75, 3.05) is 19.5 Å². The third-order valence-electron chi connectivity index (χ3n) is 5.35. The minimum absolute atomic E-state index is 0.112. The highest BCUT2D eigenvalue weighted by atomic mass is 16.5. The maximum Gasteiger partial charge on any atom is 0.271 e. The molecule has 0 fully saturated rings. The first-order valence-electron chi connectivity index (χ1n) is 11.0. The minimum Gasteiger partial charge on any atom is -0.481 e. The van der Waals surface area contributed by atoms with Gasteiger partial charge in [-0.2, -0.15) is 4.98 Å². The average Bonchev–Trinajstić information content (AvgIpc) is 3.34. The summed E-state index contributed by atoms with van der Waals surface area (Å²) in [4.78, 5) is 42.7. The van der Waals surface area contributed by atoms with E-state index in [1.165, 1.54) is 14.2 Å². The number of ether oxygens (including phenoxy) is 1. The van der Waals surface area contributed by atoms with Gasteiger partial charge in [-0.15, -0.1) is 0 Å². The second-order valence-electron chi connectivity index (χ2n) is 7.61. The maximum absolute atomic E-state index is 13.0. The van der Waals surface area contributed by atoms with Crippen molar-refractivity contribution in [3.63, 3.8) is 0 Å². The Hall–Kier alpha value is -4.93. The molecule has 0 bridgehead atoms. The maximum atomic E-state index is 13.0. The topological polar surface area (TPSA) is 147 Å². The summed E-state index contributed by atoms with van der Waals surface area (Å²) in [7, 11) is 2.87. The zero-order valence-electron chi connectivity index (χ0n) is 19.7. The number of carbonyl (C=O) groups excluding carboxylic acids is 2. The molecule has 3 N–H and O–H groups in total. The highest BCUT2D eigenvalue weighted by Crippen LogP contribution is 2.19. The van der Waals surface area contributed by atoms with Crippen molar-refractivity contribution in [3.8, 4) is 17.1 Å². The lowest BCUT2D eigenvalue weighted by molar-refractivity contribution is -0.122. The van der Waals surface area contributed by atoms with Crippen LogP contribution in [0.4, 0.5) is 5.82 Å². The highest BCUT2D eigenvalue weighted by Gasteiger charge is 2.28. The lowest BCUT2D eigenvalue weighted by atomic mass is 10.0. The molecule has 182 valence electrons. The van der Waals surface area contributed by atoms with Gasteiger partial charge in [-0.3, -0.25) is 19.0 Å². The van der Waals surface area contributed by atoms with E-state index in [0.717, 1.165) is 17.5 Å². The molecule has 0 saturated carbocycles. The van der Waals surface area contributed by atoms with Gasteiger partial charge in [-0.1, -0.05) is 36.4 Å². The van der Waals surface area contributed by atoms with E-state index in [1.807, 2.05) is 36.5 Å². The largest absolute Gasteiger partial charge is 0.481 e. The minimum atomic E-state index is -1.20. The second-order valence-corrected chi connectivity index (χ2v) is 7.61. The van der Waals surface area contributed by atoms with Crippen molar-refractivity contribution in [1.29, 1.82) is 5.41 Å². The fourth-order valence-corrected chi connectivity index (χ4v) is 3.57. The first-order chi connectivity index (χ1) is 17.5. The molecule has 3 heterocycles. The van der Waals surface area contributed by atoms with Crippen molar-refractivity contribution in [3.05, 3.63) is 72.7 Å². The molecule has 0 aliphatic carbocycles. The summed E-state index contributed by atoms with van der Waals surface area (Å²) in [5, 5.41) is 13.1. The Kier molecular flexibility index (Phi) is 7.39. The molecule has 4 aromatic rings. The Morgan fingerprint density at radius 1 is 1.17 bits per heavy atom. The Balaban J connectivity index is 1.46. The molecule has 0 spiro atoms. The summed E-state index contributed by atoms with van der Waals surface area (Å²) >= 11 is 0. The smallest absolute Gasteiger partial charge is 0.271 e. The fraction of sp³-hybridized carbons (Fsp3) is 0.160. The fourth-order valence-electron chi connectivity index (χ4n) is 3.57. The molecule has 0 aliphatic heterocycles. The number of nitrogens with zero attached hydrogens (tertiary/aromatic N) is 5. The molecule has 0 radical (unpaired) electrons. The predicted octanol–water partition coefficient (Wildman–Crippen LogP) is 2.39. The van der Waals surface area contributed by atoms with Crippen molar-refractivity contribution in [1.82, 2.24) is 24.7 Å². The molecule has 2 amide bonds. The van der Waals surface area contributed by atoms with Gasteiger partial charge in [0.25, 0.3) is 5.91 Å². The normalized spacial score (nSPS) is 12.1. The molecular weight excluding hydrogens is 460 g/mol. The van der Waals surface area contributed by atoms with E-state index < -0.39 is 17.7 Å². The number of benzene rings is 1. The van der Waals surface area contributed by atoms with E-state index >= 15 is 0 Å². The van der Waals surface area contributed by atoms with Crippen LogP contribution in [0.1, 0.15) is 5.56 Å². The summed E-state index contributed by atoms with van der Waals surface area (Å²) in [6.45, 7) is 0.112. The van der Waals surface area contributed by atoms with Crippen LogP contribution >= 0.6 is 0 Å². The summed E-state index contributed by atoms with van der Waals surface area (Å²) in [5.74, 6) is -1.39. The third kappa shape index (κ3) is 5.25. The first kappa shape index (κ1) is 24.2. The van der Waals surface area contributed by atoms with E-state index in [4.69, 9.17) is 10.1 Å². The molecule has 1 aromatic carbocycles. The number of imidazole rings is 1. The Morgan fingerprint density at radius 2 is 1.97 bits per heavy atom. The van der Waals surface area contributed by atoms with Gasteiger partial charge >= 0.3 is 0 Å². The molecular formula is C25H24N8O3. The lowest BCUT2D eigenvalue weighted by Gasteiger charge is -2.15. The second kappa shape index (κ2) is 11.0. The number of anilines is 1. The van der Waals surface area contributed by atoms with Crippen molar-refractivity contribution >= 4 is 35.3 Å². The van der Waals surface area contributed by atoms with Crippen LogP contribution in [0.2, 0.25) is 0 Å². The molecule has 11 heteroatoms.